The van der Waals surface area contributed by atoms with E-state index in [9.17, 15) is 55.9 Å². The van der Waals surface area contributed by atoms with E-state index in [1.54, 1.807) is 0 Å². The van der Waals surface area contributed by atoms with Gasteiger partial charge in [0.1, 0.15) is 48.0 Å². The molecule has 2 aliphatic rings. The summed E-state index contributed by atoms with van der Waals surface area (Å²) < 4.78 is 28.3. The zero-order valence-electron chi connectivity index (χ0n) is 22.3. The summed E-state index contributed by atoms with van der Waals surface area (Å²) in [5.41, 5.74) is -1.45. The first-order valence-corrected chi connectivity index (χ1v) is 13.0. The molecule has 16 heteroatoms. The lowest BCUT2D eigenvalue weighted by Crippen LogP contribution is -2.64. The van der Waals surface area contributed by atoms with E-state index in [1.807, 2.05) is 0 Å². The first-order valence-electron chi connectivity index (χ1n) is 13.0. The summed E-state index contributed by atoms with van der Waals surface area (Å²) in [6.45, 7) is 0.541. The van der Waals surface area contributed by atoms with Crippen molar-refractivity contribution >= 4 is 11.0 Å². The van der Waals surface area contributed by atoms with Gasteiger partial charge < -0.3 is 74.4 Å². The maximum atomic E-state index is 13.7. The fourth-order valence-electron chi connectivity index (χ4n) is 4.89. The Hall–Kier alpha value is -3.71. The predicted molar refractivity (Wildman–Crippen MR) is 140 cm³/mol. The number of ether oxygens (including phenoxy) is 4. The van der Waals surface area contributed by atoms with Crippen LogP contribution in [0.5, 0.6) is 28.7 Å². The van der Waals surface area contributed by atoms with Gasteiger partial charge in [0.25, 0.3) is 0 Å². The van der Waals surface area contributed by atoms with E-state index in [4.69, 9.17) is 23.4 Å². The van der Waals surface area contributed by atoms with Crippen LogP contribution in [0.15, 0.2) is 39.5 Å². The Bertz CT molecular complexity index is 1540. The number of aliphatic hydroxyl groups is 6. The van der Waals surface area contributed by atoms with Crippen molar-refractivity contribution in [1.29, 1.82) is 0 Å². The van der Waals surface area contributed by atoms with Crippen molar-refractivity contribution in [3.63, 3.8) is 0 Å². The monoisotopic (exact) mass is 610 g/mol. The van der Waals surface area contributed by atoms with E-state index in [0.29, 0.717) is 0 Å². The largest absolute Gasteiger partial charge is 0.508 e. The van der Waals surface area contributed by atoms with E-state index >= 15 is 0 Å². The average molecular weight is 611 g/mol. The Balaban J connectivity index is 1.62. The zero-order valence-corrected chi connectivity index (χ0v) is 22.3. The lowest BCUT2D eigenvalue weighted by atomic mass is 9.97. The summed E-state index contributed by atoms with van der Waals surface area (Å²) in [6, 6.07) is 5.53. The molecule has 234 valence electrons. The highest BCUT2D eigenvalue weighted by Gasteiger charge is 2.51. The summed E-state index contributed by atoms with van der Waals surface area (Å²) in [5, 5.41) is 102. The summed E-state index contributed by atoms with van der Waals surface area (Å²) >= 11 is 0. The molecular formula is C27H30O16. The number of phenols is 4. The molecule has 0 radical (unpaired) electrons. The van der Waals surface area contributed by atoms with Gasteiger partial charge in [0.2, 0.25) is 23.2 Å². The maximum Gasteiger partial charge on any atom is 0.235 e. The molecule has 10 N–H and O–H groups in total. The van der Waals surface area contributed by atoms with Crippen LogP contribution in [0.1, 0.15) is 6.92 Å². The van der Waals surface area contributed by atoms with Crippen molar-refractivity contribution in [3.05, 3.63) is 40.6 Å². The summed E-state index contributed by atoms with van der Waals surface area (Å²) in [5.74, 6) is -4.12. The van der Waals surface area contributed by atoms with Crippen LogP contribution in [0.2, 0.25) is 0 Å². The molecule has 0 amide bonds. The summed E-state index contributed by atoms with van der Waals surface area (Å²) in [4.78, 5) is 13.7. The second-order valence-corrected chi connectivity index (χ2v) is 10.2. The first-order chi connectivity index (χ1) is 20.3. The van der Waals surface area contributed by atoms with Crippen LogP contribution in [0, 0.1) is 0 Å². The fourth-order valence-corrected chi connectivity index (χ4v) is 4.89. The lowest BCUT2D eigenvalue weighted by molar-refractivity contribution is -0.354. The third-order valence-electron chi connectivity index (χ3n) is 7.37. The molecule has 5 rings (SSSR count). The van der Waals surface area contributed by atoms with E-state index in [0.717, 1.165) is 18.2 Å². The maximum absolute atomic E-state index is 13.7. The Labute approximate surface area is 241 Å². The van der Waals surface area contributed by atoms with Crippen molar-refractivity contribution in [1.82, 2.24) is 0 Å². The van der Waals surface area contributed by atoms with Crippen LogP contribution >= 0.6 is 0 Å². The number of benzene rings is 2. The molecule has 10 atom stereocenters. The summed E-state index contributed by atoms with van der Waals surface area (Å²) in [6.07, 6.45) is -16.7. The number of aromatic hydroxyl groups is 4. The molecule has 1 aromatic heterocycles. The highest BCUT2D eigenvalue weighted by Crippen LogP contribution is 2.45. The SMILES string of the molecule is C[C@H]1O[C@@H](O[C@H]2[C@@H](Oc3c(-c4ccc(O)c(O)c4O)oc4cc(O)ccc4c3=O)O[C@@H](CO)[C@@H](O)[C@H]2O)[C@@H](O)[C@@H](O)[C@H]1O. The molecule has 3 aromatic rings. The molecule has 43 heavy (non-hydrogen) atoms. The van der Waals surface area contributed by atoms with Gasteiger partial charge >= 0.3 is 0 Å². The number of fused-ring (bicyclic) bond motifs is 1. The predicted octanol–water partition coefficient (Wildman–Crippen LogP) is -1.69. The van der Waals surface area contributed by atoms with Gasteiger partial charge in [0, 0.05) is 6.07 Å². The highest BCUT2D eigenvalue weighted by atomic mass is 16.8. The first kappa shape index (κ1) is 30.7. The van der Waals surface area contributed by atoms with Gasteiger partial charge in [-0.2, -0.15) is 0 Å². The van der Waals surface area contributed by atoms with Crippen molar-refractivity contribution in [2.75, 3.05) is 6.61 Å². The number of phenolic OH excluding ortho intramolecular Hbond substituents is 4. The molecule has 2 aromatic carbocycles. The van der Waals surface area contributed by atoms with Gasteiger partial charge in [0.05, 0.1) is 23.7 Å². The molecule has 16 nitrogen and oxygen atoms in total. The molecule has 0 saturated carbocycles. The Morgan fingerprint density at radius 3 is 2.23 bits per heavy atom. The van der Waals surface area contributed by atoms with Gasteiger partial charge in [-0.1, -0.05) is 0 Å². The molecular weight excluding hydrogens is 580 g/mol. The van der Waals surface area contributed by atoms with E-state index < -0.39 is 102 Å². The Morgan fingerprint density at radius 1 is 0.814 bits per heavy atom. The number of aliphatic hydroxyl groups excluding tert-OH is 6. The smallest absolute Gasteiger partial charge is 0.235 e. The van der Waals surface area contributed by atoms with E-state index in [1.165, 1.54) is 19.1 Å². The van der Waals surface area contributed by atoms with Crippen LogP contribution in [0.3, 0.4) is 0 Å². The van der Waals surface area contributed by atoms with Gasteiger partial charge in [-0.15, -0.1) is 0 Å². The van der Waals surface area contributed by atoms with Gasteiger partial charge in [-0.3, -0.25) is 4.79 Å². The van der Waals surface area contributed by atoms with Crippen LogP contribution in [-0.4, -0.2) is 119 Å². The van der Waals surface area contributed by atoms with Crippen LogP contribution < -0.4 is 10.2 Å². The van der Waals surface area contributed by atoms with Gasteiger partial charge in [0.15, 0.2) is 29.7 Å². The van der Waals surface area contributed by atoms with Crippen molar-refractivity contribution < 1.29 is 74.4 Å². The van der Waals surface area contributed by atoms with Crippen LogP contribution in [-0.2, 0) is 14.2 Å². The average Bonchev–Trinajstić information content (AvgIpc) is 2.98. The summed E-state index contributed by atoms with van der Waals surface area (Å²) in [7, 11) is 0. The fraction of sp³-hybridized carbons (Fsp3) is 0.444. The van der Waals surface area contributed by atoms with E-state index in [-0.39, 0.29) is 22.3 Å². The quantitative estimate of drug-likeness (QED) is 0.140. The van der Waals surface area contributed by atoms with Crippen LogP contribution in [0.4, 0.5) is 0 Å². The minimum Gasteiger partial charge on any atom is -0.508 e. The lowest BCUT2D eigenvalue weighted by Gasteiger charge is -2.45. The zero-order chi connectivity index (χ0) is 31.3. The minimum atomic E-state index is -1.91. The minimum absolute atomic E-state index is 0.136. The van der Waals surface area contributed by atoms with Crippen molar-refractivity contribution in [3.8, 4) is 40.1 Å². The van der Waals surface area contributed by atoms with Crippen molar-refractivity contribution in [2.24, 2.45) is 0 Å². The molecule has 0 spiro atoms. The third-order valence-corrected chi connectivity index (χ3v) is 7.37. The molecule has 2 aliphatic heterocycles. The standard InChI is InChI=1S/C27H30O16/c1-8-15(31)20(36)22(38)26(39-8)43-25-21(37)19(35)14(7-28)41-27(25)42-24-17(33)10-3-2-9(29)6-13(10)40-23(24)11-4-5-12(30)18(34)16(11)32/h2-6,8,14-15,19-22,25-32,34-38H,7H2,1H3/t8-,14+,15+,19-,20+,21-,22+,25-,26+,27-/m1/s1. The molecule has 2 saturated heterocycles. The number of hydrogen-bond donors (Lipinski definition) is 10. The Morgan fingerprint density at radius 2 is 1.53 bits per heavy atom. The topological polar surface area (TPSA) is 269 Å². The number of hydrogen-bond acceptors (Lipinski definition) is 16. The molecule has 3 heterocycles. The molecule has 0 aliphatic carbocycles. The third kappa shape index (κ3) is 5.44. The van der Waals surface area contributed by atoms with Gasteiger partial charge in [-0.25, -0.2) is 0 Å². The molecule has 0 bridgehead atoms. The molecule has 0 unspecified atom stereocenters. The second-order valence-electron chi connectivity index (χ2n) is 10.2. The Kier molecular flexibility index (Phi) is 8.41. The van der Waals surface area contributed by atoms with Crippen molar-refractivity contribution in [2.45, 2.75) is 68.3 Å². The number of rotatable bonds is 6. The molecule has 2 fully saturated rings. The second kappa shape index (κ2) is 11.8. The van der Waals surface area contributed by atoms with Gasteiger partial charge in [-0.05, 0) is 31.2 Å². The normalized spacial score (nSPS) is 33.0. The van der Waals surface area contributed by atoms with E-state index in [2.05, 4.69) is 0 Å². The highest BCUT2D eigenvalue weighted by molar-refractivity contribution is 5.85. The van der Waals surface area contributed by atoms with Crippen LogP contribution in [0.25, 0.3) is 22.3 Å².